The van der Waals surface area contributed by atoms with Gasteiger partial charge in [0.25, 0.3) is 0 Å². The van der Waals surface area contributed by atoms with E-state index in [0.29, 0.717) is 23.5 Å². The van der Waals surface area contributed by atoms with Crippen molar-refractivity contribution in [1.82, 2.24) is 0 Å². The van der Waals surface area contributed by atoms with Gasteiger partial charge in [-0.2, -0.15) is 4.99 Å². The summed E-state index contributed by atoms with van der Waals surface area (Å²) in [4.78, 5) is 19.1. The van der Waals surface area contributed by atoms with Gasteiger partial charge in [-0.3, -0.25) is 4.79 Å². The van der Waals surface area contributed by atoms with Crippen LogP contribution in [0.3, 0.4) is 0 Å². The Morgan fingerprint density at radius 2 is 2.05 bits per heavy atom. The van der Waals surface area contributed by atoms with Gasteiger partial charge < -0.3 is 27.3 Å². The summed E-state index contributed by atoms with van der Waals surface area (Å²) < 4.78 is 5.15. The molecule has 20 heavy (non-hydrogen) atoms. The topological polar surface area (TPSA) is 141 Å². The number of anilines is 1. The Kier molecular flexibility index (Phi) is 5.33. The monoisotopic (exact) mass is 278 g/mol. The zero-order valence-electron chi connectivity index (χ0n) is 11.4. The van der Waals surface area contributed by atoms with Crippen molar-refractivity contribution in [3.63, 3.8) is 0 Å². The van der Waals surface area contributed by atoms with Gasteiger partial charge in [-0.15, -0.1) is 0 Å². The Morgan fingerprint density at radius 1 is 1.35 bits per heavy atom. The minimum atomic E-state index is -0.181. The first-order valence-electron chi connectivity index (χ1n) is 5.88. The largest absolute Gasteiger partial charge is 0.495 e. The maximum Gasteiger partial charge on any atom is 0.224 e. The number of nitrogens with one attached hydrogen (secondary N) is 1. The zero-order valence-corrected chi connectivity index (χ0v) is 11.4. The molecule has 0 fully saturated rings. The fraction of sp³-hybridized carbons (Fsp3) is 0.250. The quantitative estimate of drug-likeness (QED) is 0.462. The second-order valence-corrected chi connectivity index (χ2v) is 3.79. The summed E-state index contributed by atoms with van der Waals surface area (Å²) in [5.41, 5.74) is 16.9. The van der Waals surface area contributed by atoms with Crippen LogP contribution >= 0.6 is 0 Å². The molecule has 7 N–H and O–H groups in total. The number of carbonyl (C=O) groups is 1. The Labute approximate surface area is 116 Å². The van der Waals surface area contributed by atoms with Crippen LogP contribution in [0.1, 0.15) is 13.3 Å². The van der Waals surface area contributed by atoms with Crippen LogP contribution < -0.4 is 27.3 Å². The summed E-state index contributed by atoms with van der Waals surface area (Å²) in [5.74, 6) is 0.120. The van der Waals surface area contributed by atoms with E-state index in [2.05, 4.69) is 15.3 Å². The highest BCUT2D eigenvalue weighted by molar-refractivity contribution is 5.95. The van der Waals surface area contributed by atoms with E-state index < -0.39 is 0 Å². The lowest BCUT2D eigenvalue weighted by Crippen LogP contribution is -2.26. The first kappa shape index (κ1) is 15.3. The summed E-state index contributed by atoms with van der Waals surface area (Å²) in [6.07, 6.45) is 0.354. The Morgan fingerprint density at radius 3 is 2.60 bits per heavy atom. The highest BCUT2D eigenvalue weighted by Gasteiger charge is 2.07. The number of hydrogen-bond donors (Lipinski definition) is 4. The number of nitrogens with two attached hydrogens (primary N) is 3. The van der Waals surface area contributed by atoms with Gasteiger partial charge >= 0.3 is 0 Å². The van der Waals surface area contributed by atoms with Crippen molar-refractivity contribution in [3.05, 3.63) is 18.2 Å². The van der Waals surface area contributed by atoms with Crippen molar-refractivity contribution >= 4 is 29.2 Å². The van der Waals surface area contributed by atoms with Gasteiger partial charge in [0.1, 0.15) is 5.75 Å². The molecule has 108 valence electrons. The van der Waals surface area contributed by atoms with Crippen molar-refractivity contribution in [2.45, 2.75) is 13.3 Å². The molecule has 0 aliphatic rings. The van der Waals surface area contributed by atoms with Gasteiger partial charge in [-0.1, -0.05) is 6.92 Å². The van der Waals surface area contributed by atoms with E-state index in [1.807, 2.05) is 0 Å². The molecular weight excluding hydrogens is 260 g/mol. The molecule has 0 saturated carbocycles. The number of benzene rings is 1. The maximum atomic E-state index is 11.4. The van der Waals surface area contributed by atoms with Crippen LogP contribution in [0.25, 0.3) is 0 Å². The van der Waals surface area contributed by atoms with E-state index in [1.54, 1.807) is 25.1 Å². The first-order valence-corrected chi connectivity index (χ1v) is 5.88. The van der Waals surface area contributed by atoms with Crippen molar-refractivity contribution in [3.8, 4) is 5.75 Å². The van der Waals surface area contributed by atoms with E-state index in [0.717, 1.165) is 0 Å². The molecular formula is C12H18N6O2. The molecule has 1 aromatic carbocycles. The summed E-state index contributed by atoms with van der Waals surface area (Å²) in [6.45, 7) is 1.75. The molecule has 0 aromatic heterocycles. The van der Waals surface area contributed by atoms with Crippen LogP contribution in [-0.2, 0) is 4.79 Å². The third kappa shape index (κ3) is 4.48. The molecule has 8 heteroatoms. The number of methoxy groups -OCH3 is 1. The van der Waals surface area contributed by atoms with Gasteiger partial charge in [0, 0.05) is 6.42 Å². The third-order valence-electron chi connectivity index (χ3n) is 2.27. The van der Waals surface area contributed by atoms with Crippen molar-refractivity contribution in [2.24, 2.45) is 27.2 Å². The lowest BCUT2D eigenvalue weighted by atomic mass is 10.2. The minimum Gasteiger partial charge on any atom is -0.495 e. The predicted molar refractivity (Wildman–Crippen MR) is 79.0 cm³/mol. The molecule has 1 amide bonds. The standard InChI is InChI=1S/C12H18N6O2/c1-3-10(19)17-8-6-7(4-5-9(8)20-2)16-12(15)18-11(13)14/h4-6H,3H2,1-2H3,(H,17,19)(H6,13,14,15,16,18). The van der Waals surface area contributed by atoms with Crippen LogP contribution in [0.5, 0.6) is 5.75 Å². The number of nitrogens with zero attached hydrogens (tertiary/aromatic N) is 2. The Bertz CT molecular complexity index is 549. The lowest BCUT2D eigenvalue weighted by Gasteiger charge is -2.10. The number of amides is 1. The first-order chi connectivity index (χ1) is 9.46. The summed E-state index contributed by atoms with van der Waals surface area (Å²) in [6, 6.07) is 4.93. The molecule has 1 aromatic rings. The number of carbonyl (C=O) groups excluding carboxylic acids is 1. The fourth-order valence-corrected chi connectivity index (χ4v) is 1.39. The number of rotatable bonds is 4. The molecule has 0 aliphatic carbocycles. The van der Waals surface area contributed by atoms with Crippen molar-refractivity contribution < 1.29 is 9.53 Å². The molecule has 0 unspecified atom stereocenters. The minimum absolute atomic E-state index is 0.0806. The zero-order chi connectivity index (χ0) is 15.1. The predicted octanol–water partition coefficient (Wildman–Crippen LogP) is 0.263. The second-order valence-electron chi connectivity index (χ2n) is 3.79. The molecule has 0 bridgehead atoms. The Hall–Kier alpha value is -2.77. The number of guanidine groups is 2. The summed E-state index contributed by atoms with van der Waals surface area (Å²) in [7, 11) is 1.51. The lowest BCUT2D eigenvalue weighted by molar-refractivity contribution is -0.115. The maximum absolute atomic E-state index is 11.4. The van der Waals surface area contributed by atoms with Gasteiger partial charge in [-0.05, 0) is 18.2 Å². The van der Waals surface area contributed by atoms with E-state index in [-0.39, 0.29) is 17.8 Å². The van der Waals surface area contributed by atoms with Crippen LogP contribution in [-0.4, -0.2) is 24.9 Å². The molecule has 0 radical (unpaired) electrons. The Balaban J connectivity index is 3.09. The molecule has 0 saturated heterocycles. The molecule has 8 nitrogen and oxygen atoms in total. The van der Waals surface area contributed by atoms with E-state index in [1.165, 1.54) is 7.11 Å². The van der Waals surface area contributed by atoms with Gasteiger partial charge in [-0.25, -0.2) is 4.99 Å². The van der Waals surface area contributed by atoms with E-state index in [4.69, 9.17) is 21.9 Å². The fourth-order valence-electron chi connectivity index (χ4n) is 1.39. The molecule has 0 heterocycles. The summed E-state index contributed by atoms with van der Waals surface area (Å²) in [5, 5.41) is 2.71. The average Bonchev–Trinajstić information content (AvgIpc) is 2.37. The number of hydrogen-bond acceptors (Lipinski definition) is 3. The van der Waals surface area contributed by atoms with Crippen molar-refractivity contribution in [2.75, 3.05) is 12.4 Å². The third-order valence-corrected chi connectivity index (χ3v) is 2.27. The van der Waals surface area contributed by atoms with Crippen LogP contribution in [0.2, 0.25) is 0 Å². The molecule has 0 atom stereocenters. The van der Waals surface area contributed by atoms with Gasteiger partial charge in [0.15, 0.2) is 5.96 Å². The molecule has 1 rings (SSSR count). The van der Waals surface area contributed by atoms with Crippen molar-refractivity contribution in [1.29, 1.82) is 0 Å². The highest BCUT2D eigenvalue weighted by atomic mass is 16.5. The smallest absolute Gasteiger partial charge is 0.224 e. The number of aliphatic imine (C=N–C) groups is 2. The average molecular weight is 278 g/mol. The SMILES string of the molecule is CCC(=O)Nc1cc(N=C(N)N=C(N)N)ccc1OC. The normalized spacial score (nSPS) is 10.8. The van der Waals surface area contributed by atoms with E-state index >= 15 is 0 Å². The van der Waals surface area contributed by atoms with E-state index in [9.17, 15) is 4.79 Å². The van der Waals surface area contributed by atoms with Crippen LogP contribution in [0.4, 0.5) is 11.4 Å². The molecule has 0 aliphatic heterocycles. The van der Waals surface area contributed by atoms with Crippen LogP contribution in [0, 0.1) is 0 Å². The second kappa shape index (κ2) is 6.98. The van der Waals surface area contributed by atoms with Gasteiger partial charge in [0.2, 0.25) is 11.9 Å². The highest BCUT2D eigenvalue weighted by Crippen LogP contribution is 2.29. The molecule has 0 spiro atoms. The summed E-state index contributed by atoms with van der Waals surface area (Å²) >= 11 is 0. The van der Waals surface area contributed by atoms with Crippen LogP contribution in [0.15, 0.2) is 28.2 Å². The number of ether oxygens (including phenoxy) is 1. The van der Waals surface area contributed by atoms with Gasteiger partial charge in [0.05, 0.1) is 18.5 Å².